The molecule has 1 aromatic carbocycles. The monoisotopic (exact) mass is 350 g/mol. The molecule has 21 heavy (non-hydrogen) atoms. The number of carbonyl (C=O) groups is 1. The highest BCUT2D eigenvalue weighted by molar-refractivity contribution is 9.10. The molecular weight excluding hydrogens is 332 g/mol. The van der Waals surface area contributed by atoms with Crippen molar-refractivity contribution in [1.29, 1.82) is 0 Å². The Morgan fingerprint density at radius 2 is 2.14 bits per heavy atom. The van der Waals surface area contributed by atoms with Crippen LogP contribution in [0, 0.1) is 0 Å². The molecule has 0 fully saturated rings. The number of fused-ring (bicyclic) bond motifs is 1. The second-order valence-electron chi connectivity index (χ2n) is 5.23. The predicted molar refractivity (Wildman–Crippen MR) is 88.4 cm³/mol. The molecule has 4 nitrogen and oxygen atoms in total. The maximum absolute atomic E-state index is 12.1. The van der Waals surface area contributed by atoms with Gasteiger partial charge in [0.05, 0.1) is 5.52 Å². The highest BCUT2D eigenvalue weighted by atomic mass is 79.9. The summed E-state index contributed by atoms with van der Waals surface area (Å²) in [6, 6.07) is 7.13. The van der Waals surface area contributed by atoms with Gasteiger partial charge in [-0.15, -0.1) is 0 Å². The molecule has 0 saturated carbocycles. The average molecular weight is 351 g/mol. The summed E-state index contributed by atoms with van der Waals surface area (Å²) in [7, 11) is 0. The third-order valence-corrected chi connectivity index (χ3v) is 3.88. The molecular formula is C16H19BrN2O2. The second-order valence-corrected chi connectivity index (χ2v) is 6.14. The number of hydrogen-bond acceptors (Lipinski definition) is 2. The number of rotatable bonds is 5. The molecule has 0 unspecified atom stereocenters. The van der Waals surface area contributed by atoms with Gasteiger partial charge in [-0.1, -0.05) is 29.3 Å². The van der Waals surface area contributed by atoms with E-state index in [-0.39, 0.29) is 23.9 Å². The highest BCUT2D eigenvalue weighted by Crippen LogP contribution is 2.17. The molecule has 0 bridgehead atoms. The summed E-state index contributed by atoms with van der Waals surface area (Å²) in [5, 5.41) is 3.59. The lowest BCUT2D eigenvalue weighted by Crippen LogP contribution is -2.35. The number of aromatic nitrogens is 1. The molecule has 2 aromatic rings. The van der Waals surface area contributed by atoms with E-state index < -0.39 is 0 Å². The van der Waals surface area contributed by atoms with Gasteiger partial charge < -0.3 is 9.88 Å². The van der Waals surface area contributed by atoms with Crippen LogP contribution in [-0.4, -0.2) is 16.5 Å². The van der Waals surface area contributed by atoms with Crippen LogP contribution in [0.5, 0.6) is 0 Å². The first kappa shape index (κ1) is 15.8. The van der Waals surface area contributed by atoms with E-state index in [4.69, 9.17) is 0 Å². The number of halogens is 1. The minimum Gasteiger partial charge on any atom is -0.352 e. The topological polar surface area (TPSA) is 51.1 Å². The van der Waals surface area contributed by atoms with Crippen molar-refractivity contribution in [3.63, 3.8) is 0 Å². The first-order valence-electron chi connectivity index (χ1n) is 7.09. The standard InChI is InChI=1S/C16H19BrN2O2/c1-3-4-11(2)18-16(21)10-19-8-7-15(20)13-6-5-12(17)9-14(13)19/h5-9,11H,3-4,10H2,1-2H3,(H,18,21)/t11-/m0/s1. The lowest BCUT2D eigenvalue weighted by molar-refractivity contribution is -0.122. The minimum atomic E-state index is -0.0409. The van der Waals surface area contributed by atoms with Crippen LogP contribution >= 0.6 is 15.9 Å². The molecule has 0 aliphatic rings. The molecule has 0 aliphatic carbocycles. The Morgan fingerprint density at radius 1 is 1.38 bits per heavy atom. The molecule has 0 saturated heterocycles. The second kappa shape index (κ2) is 6.89. The smallest absolute Gasteiger partial charge is 0.240 e. The maximum Gasteiger partial charge on any atom is 0.240 e. The quantitative estimate of drug-likeness (QED) is 0.900. The maximum atomic E-state index is 12.1. The van der Waals surface area contributed by atoms with Crippen LogP contribution < -0.4 is 10.7 Å². The molecule has 1 N–H and O–H groups in total. The molecule has 1 aromatic heterocycles. The van der Waals surface area contributed by atoms with E-state index in [1.165, 1.54) is 6.07 Å². The van der Waals surface area contributed by atoms with Gasteiger partial charge in [-0.3, -0.25) is 9.59 Å². The van der Waals surface area contributed by atoms with Gasteiger partial charge in [-0.25, -0.2) is 0 Å². The zero-order chi connectivity index (χ0) is 15.4. The van der Waals surface area contributed by atoms with Gasteiger partial charge in [0.25, 0.3) is 0 Å². The number of benzene rings is 1. The summed E-state index contributed by atoms with van der Waals surface area (Å²) < 4.78 is 2.68. The van der Waals surface area contributed by atoms with Gasteiger partial charge in [-0.2, -0.15) is 0 Å². The molecule has 1 amide bonds. The third-order valence-electron chi connectivity index (χ3n) is 3.38. The summed E-state index contributed by atoms with van der Waals surface area (Å²) >= 11 is 3.40. The van der Waals surface area contributed by atoms with Gasteiger partial charge in [0.2, 0.25) is 5.91 Å². The fraction of sp³-hybridized carbons (Fsp3) is 0.375. The van der Waals surface area contributed by atoms with E-state index in [2.05, 4.69) is 28.2 Å². The van der Waals surface area contributed by atoms with Crippen LogP contribution in [0.15, 0.2) is 39.7 Å². The Kier molecular flexibility index (Phi) is 5.17. The normalized spacial score (nSPS) is 12.3. The third kappa shape index (κ3) is 3.94. The largest absolute Gasteiger partial charge is 0.352 e. The van der Waals surface area contributed by atoms with Crippen LogP contribution in [0.1, 0.15) is 26.7 Å². The van der Waals surface area contributed by atoms with E-state index in [1.807, 2.05) is 19.1 Å². The zero-order valence-electron chi connectivity index (χ0n) is 12.2. The molecule has 0 aliphatic heterocycles. The SMILES string of the molecule is CCC[C@H](C)NC(=O)Cn1ccc(=O)c2ccc(Br)cc21. The van der Waals surface area contributed by atoms with E-state index in [0.29, 0.717) is 5.39 Å². The average Bonchev–Trinajstić information content (AvgIpc) is 2.42. The number of pyridine rings is 1. The van der Waals surface area contributed by atoms with Crippen LogP contribution in [0.4, 0.5) is 0 Å². The van der Waals surface area contributed by atoms with Crippen molar-refractivity contribution in [1.82, 2.24) is 9.88 Å². The van der Waals surface area contributed by atoms with Crippen molar-refractivity contribution in [2.75, 3.05) is 0 Å². The molecule has 0 radical (unpaired) electrons. The van der Waals surface area contributed by atoms with E-state index >= 15 is 0 Å². The van der Waals surface area contributed by atoms with E-state index in [1.54, 1.807) is 16.8 Å². The number of nitrogens with zero attached hydrogens (tertiary/aromatic N) is 1. The fourth-order valence-electron chi connectivity index (χ4n) is 2.40. The lowest BCUT2D eigenvalue weighted by Gasteiger charge is -2.15. The van der Waals surface area contributed by atoms with E-state index in [9.17, 15) is 9.59 Å². The van der Waals surface area contributed by atoms with Crippen molar-refractivity contribution >= 4 is 32.7 Å². The molecule has 112 valence electrons. The van der Waals surface area contributed by atoms with Crippen molar-refractivity contribution in [2.24, 2.45) is 0 Å². The summed E-state index contributed by atoms with van der Waals surface area (Å²) in [6.45, 7) is 4.30. The molecule has 2 rings (SSSR count). The lowest BCUT2D eigenvalue weighted by atomic mass is 10.2. The predicted octanol–water partition coefficient (Wildman–Crippen LogP) is 3.07. The Bertz CT molecular complexity index is 709. The summed E-state index contributed by atoms with van der Waals surface area (Å²) in [6.07, 6.45) is 3.67. The van der Waals surface area contributed by atoms with Crippen LogP contribution in [0.25, 0.3) is 10.9 Å². The van der Waals surface area contributed by atoms with Crippen LogP contribution in [0.3, 0.4) is 0 Å². The Labute approximate surface area is 132 Å². The number of nitrogens with one attached hydrogen (secondary N) is 1. The number of hydrogen-bond donors (Lipinski definition) is 1. The summed E-state index contributed by atoms with van der Waals surface area (Å²) in [5.74, 6) is -0.0409. The first-order valence-corrected chi connectivity index (χ1v) is 7.88. The van der Waals surface area contributed by atoms with Gasteiger partial charge in [0.15, 0.2) is 5.43 Å². The summed E-state index contributed by atoms with van der Waals surface area (Å²) in [4.78, 5) is 24.0. The molecule has 1 heterocycles. The summed E-state index contributed by atoms with van der Waals surface area (Å²) in [5.41, 5.74) is 0.726. The van der Waals surface area contributed by atoms with E-state index in [0.717, 1.165) is 22.8 Å². The van der Waals surface area contributed by atoms with Crippen molar-refractivity contribution in [2.45, 2.75) is 39.3 Å². The van der Waals surface area contributed by atoms with Gasteiger partial charge in [0.1, 0.15) is 6.54 Å². The number of carbonyl (C=O) groups excluding carboxylic acids is 1. The minimum absolute atomic E-state index is 0.0338. The fourth-order valence-corrected chi connectivity index (χ4v) is 2.75. The Hall–Kier alpha value is -1.62. The zero-order valence-corrected chi connectivity index (χ0v) is 13.8. The van der Waals surface area contributed by atoms with Crippen molar-refractivity contribution in [3.05, 3.63) is 45.2 Å². The first-order chi connectivity index (χ1) is 10.0. The Balaban J connectivity index is 2.26. The highest BCUT2D eigenvalue weighted by Gasteiger charge is 2.09. The van der Waals surface area contributed by atoms with Crippen molar-refractivity contribution < 1.29 is 4.79 Å². The molecule has 1 atom stereocenters. The van der Waals surface area contributed by atoms with Gasteiger partial charge in [0, 0.05) is 28.2 Å². The van der Waals surface area contributed by atoms with Gasteiger partial charge >= 0.3 is 0 Å². The van der Waals surface area contributed by atoms with Crippen LogP contribution in [-0.2, 0) is 11.3 Å². The number of amides is 1. The molecule has 5 heteroatoms. The van der Waals surface area contributed by atoms with Gasteiger partial charge in [-0.05, 0) is 31.5 Å². The van der Waals surface area contributed by atoms with Crippen LogP contribution in [0.2, 0.25) is 0 Å². The Morgan fingerprint density at radius 3 is 2.86 bits per heavy atom. The van der Waals surface area contributed by atoms with Crippen molar-refractivity contribution in [3.8, 4) is 0 Å². The molecule has 0 spiro atoms.